The number of carbonyl (C=O) groups is 1. The molecule has 0 fully saturated rings. The molecule has 1 atom stereocenters. The zero-order valence-electron chi connectivity index (χ0n) is 7.83. The fourth-order valence-electron chi connectivity index (χ4n) is 0.881. The summed E-state index contributed by atoms with van der Waals surface area (Å²) in [5.74, 6) is -0.881. The molecule has 0 saturated carbocycles. The van der Waals surface area contributed by atoms with Crippen LogP contribution in [0.25, 0.3) is 0 Å². The SMILES string of the molecule is CC(Oc1ccc(Cl)c(N)c1Cl)C(=O)O. The number of halogens is 2. The van der Waals surface area contributed by atoms with E-state index in [1.165, 1.54) is 19.1 Å². The molecule has 82 valence electrons. The van der Waals surface area contributed by atoms with Crippen LogP contribution in [0.4, 0.5) is 5.69 Å². The van der Waals surface area contributed by atoms with Crippen molar-refractivity contribution < 1.29 is 14.6 Å². The van der Waals surface area contributed by atoms with E-state index in [0.29, 0.717) is 5.02 Å². The Morgan fingerprint density at radius 3 is 2.67 bits per heavy atom. The van der Waals surface area contributed by atoms with Crippen molar-refractivity contribution in [1.82, 2.24) is 0 Å². The van der Waals surface area contributed by atoms with Crippen molar-refractivity contribution in [2.75, 3.05) is 5.73 Å². The van der Waals surface area contributed by atoms with Crippen LogP contribution in [0.5, 0.6) is 5.75 Å². The van der Waals surface area contributed by atoms with Crippen LogP contribution in [0.1, 0.15) is 6.92 Å². The fraction of sp³-hybridized carbons (Fsp3) is 0.222. The van der Waals surface area contributed by atoms with Crippen LogP contribution in [0, 0.1) is 0 Å². The molecule has 3 N–H and O–H groups in total. The number of hydrogen-bond acceptors (Lipinski definition) is 3. The number of carboxylic acid groups (broad SMARTS) is 1. The van der Waals surface area contributed by atoms with Gasteiger partial charge in [0.25, 0.3) is 0 Å². The average molecular weight is 250 g/mol. The summed E-state index contributed by atoms with van der Waals surface area (Å²) in [6.45, 7) is 1.39. The number of anilines is 1. The second-order valence-corrected chi connectivity index (χ2v) is 3.66. The van der Waals surface area contributed by atoms with Gasteiger partial charge >= 0.3 is 5.97 Å². The van der Waals surface area contributed by atoms with Crippen molar-refractivity contribution >= 4 is 34.9 Å². The van der Waals surface area contributed by atoms with Gasteiger partial charge in [-0.25, -0.2) is 4.79 Å². The number of benzene rings is 1. The van der Waals surface area contributed by atoms with Crippen LogP contribution in [0.15, 0.2) is 12.1 Å². The van der Waals surface area contributed by atoms with E-state index in [0.717, 1.165) is 0 Å². The second-order valence-electron chi connectivity index (χ2n) is 2.87. The Hall–Kier alpha value is -1.13. The Kier molecular flexibility index (Phi) is 3.66. The lowest BCUT2D eigenvalue weighted by Gasteiger charge is -2.13. The van der Waals surface area contributed by atoms with E-state index in [4.69, 9.17) is 38.8 Å². The van der Waals surface area contributed by atoms with Crippen molar-refractivity contribution in [3.05, 3.63) is 22.2 Å². The minimum absolute atomic E-state index is 0.121. The molecule has 1 rings (SSSR count). The quantitative estimate of drug-likeness (QED) is 0.808. The molecule has 0 aliphatic rings. The van der Waals surface area contributed by atoms with E-state index in [2.05, 4.69) is 0 Å². The third-order valence-electron chi connectivity index (χ3n) is 1.74. The Morgan fingerprint density at radius 1 is 1.53 bits per heavy atom. The van der Waals surface area contributed by atoms with Gasteiger partial charge in [-0.15, -0.1) is 0 Å². The summed E-state index contributed by atoms with van der Waals surface area (Å²) in [6.07, 6.45) is -0.997. The smallest absolute Gasteiger partial charge is 0.344 e. The molecular weight excluding hydrogens is 241 g/mol. The highest BCUT2D eigenvalue weighted by molar-refractivity contribution is 6.39. The van der Waals surface area contributed by atoms with Crippen LogP contribution in [-0.4, -0.2) is 17.2 Å². The Balaban J connectivity index is 2.97. The van der Waals surface area contributed by atoms with E-state index >= 15 is 0 Å². The molecule has 1 aromatic rings. The monoisotopic (exact) mass is 249 g/mol. The van der Waals surface area contributed by atoms with Gasteiger partial charge in [0.2, 0.25) is 0 Å². The summed E-state index contributed by atoms with van der Waals surface area (Å²) in [6, 6.07) is 2.97. The largest absolute Gasteiger partial charge is 0.479 e. The Labute approximate surface area is 96.5 Å². The highest BCUT2D eigenvalue weighted by Gasteiger charge is 2.16. The maximum absolute atomic E-state index is 10.5. The predicted molar refractivity (Wildman–Crippen MR) is 58.6 cm³/mol. The summed E-state index contributed by atoms with van der Waals surface area (Å²) in [7, 11) is 0. The van der Waals surface area contributed by atoms with E-state index in [9.17, 15) is 4.79 Å². The van der Waals surface area contributed by atoms with Gasteiger partial charge in [-0.1, -0.05) is 23.2 Å². The molecule has 0 heterocycles. The molecular formula is C9H9Cl2NO3. The maximum Gasteiger partial charge on any atom is 0.344 e. The number of nitrogens with two attached hydrogens (primary N) is 1. The van der Waals surface area contributed by atoms with E-state index in [-0.39, 0.29) is 16.5 Å². The van der Waals surface area contributed by atoms with Gasteiger partial charge in [0, 0.05) is 0 Å². The molecule has 0 aliphatic heterocycles. The summed E-state index contributed by atoms with van der Waals surface area (Å²) in [5, 5.41) is 9.05. The van der Waals surface area contributed by atoms with Crippen molar-refractivity contribution in [2.24, 2.45) is 0 Å². The van der Waals surface area contributed by atoms with Crippen LogP contribution in [0.2, 0.25) is 10.0 Å². The van der Waals surface area contributed by atoms with Gasteiger partial charge in [0.15, 0.2) is 6.10 Å². The molecule has 0 spiro atoms. The topological polar surface area (TPSA) is 72.5 Å². The summed E-state index contributed by atoms with van der Waals surface area (Å²) < 4.78 is 5.07. The first-order chi connectivity index (χ1) is 6.93. The van der Waals surface area contributed by atoms with Crippen LogP contribution < -0.4 is 10.5 Å². The summed E-state index contributed by atoms with van der Waals surface area (Å²) in [5.41, 5.74) is 5.72. The lowest BCUT2D eigenvalue weighted by Crippen LogP contribution is -2.23. The number of aliphatic carboxylic acids is 1. The molecule has 15 heavy (non-hydrogen) atoms. The van der Waals surface area contributed by atoms with Crippen molar-refractivity contribution in [2.45, 2.75) is 13.0 Å². The molecule has 6 heteroatoms. The standard InChI is InChI=1S/C9H9Cl2NO3/c1-4(9(13)14)15-6-3-2-5(10)8(12)7(6)11/h2-4H,12H2,1H3,(H,13,14). The molecule has 0 aliphatic carbocycles. The van der Waals surface area contributed by atoms with E-state index in [1.807, 2.05) is 0 Å². The third kappa shape index (κ3) is 2.67. The van der Waals surface area contributed by atoms with Gasteiger partial charge in [-0.05, 0) is 19.1 Å². The normalized spacial score (nSPS) is 12.2. The number of nitrogen functional groups attached to an aromatic ring is 1. The predicted octanol–water partition coefficient (Wildman–Crippen LogP) is 2.43. The fourth-order valence-corrected chi connectivity index (χ4v) is 1.30. The van der Waals surface area contributed by atoms with Crippen LogP contribution >= 0.6 is 23.2 Å². The molecule has 1 unspecified atom stereocenters. The molecule has 4 nitrogen and oxygen atoms in total. The minimum atomic E-state index is -1.08. The highest BCUT2D eigenvalue weighted by Crippen LogP contribution is 2.35. The van der Waals surface area contributed by atoms with Crippen molar-refractivity contribution in [1.29, 1.82) is 0 Å². The van der Waals surface area contributed by atoms with Gasteiger partial charge < -0.3 is 15.6 Å². The lowest BCUT2D eigenvalue weighted by molar-refractivity contribution is -0.144. The van der Waals surface area contributed by atoms with Gasteiger partial charge in [0.1, 0.15) is 10.8 Å². The van der Waals surface area contributed by atoms with Gasteiger partial charge in [0.05, 0.1) is 10.7 Å². The minimum Gasteiger partial charge on any atom is -0.479 e. The summed E-state index contributed by atoms with van der Waals surface area (Å²) in [4.78, 5) is 10.5. The van der Waals surface area contributed by atoms with E-state index < -0.39 is 12.1 Å². The van der Waals surface area contributed by atoms with Gasteiger partial charge in [-0.2, -0.15) is 0 Å². The zero-order chi connectivity index (χ0) is 11.6. The van der Waals surface area contributed by atoms with Crippen LogP contribution in [-0.2, 0) is 4.79 Å². The number of carboxylic acids is 1. The Morgan fingerprint density at radius 2 is 2.13 bits per heavy atom. The first kappa shape index (κ1) is 11.9. The van der Waals surface area contributed by atoms with E-state index in [1.54, 1.807) is 0 Å². The van der Waals surface area contributed by atoms with Gasteiger partial charge in [-0.3, -0.25) is 0 Å². The first-order valence-corrected chi connectivity index (χ1v) is 4.82. The third-order valence-corrected chi connectivity index (χ3v) is 2.46. The maximum atomic E-state index is 10.5. The second kappa shape index (κ2) is 4.59. The zero-order valence-corrected chi connectivity index (χ0v) is 9.34. The van der Waals surface area contributed by atoms with Crippen molar-refractivity contribution in [3.63, 3.8) is 0 Å². The number of rotatable bonds is 3. The average Bonchev–Trinajstić information content (AvgIpc) is 2.18. The lowest BCUT2D eigenvalue weighted by atomic mass is 10.3. The molecule has 0 amide bonds. The van der Waals surface area contributed by atoms with Crippen LogP contribution in [0.3, 0.4) is 0 Å². The first-order valence-electron chi connectivity index (χ1n) is 4.06. The molecule has 0 aromatic heterocycles. The molecule has 1 aromatic carbocycles. The number of ether oxygens (including phenoxy) is 1. The molecule has 0 radical (unpaired) electrons. The summed E-state index contributed by atoms with van der Waals surface area (Å²) >= 11 is 11.5. The molecule has 0 saturated heterocycles. The molecule has 0 bridgehead atoms. The number of hydrogen-bond donors (Lipinski definition) is 2. The highest BCUT2D eigenvalue weighted by atomic mass is 35.5. The Bertz CT molecular complexity index is 395. The van der Waals surface area contributed by atoms with Crippen molar-refractivity contribution in [3.8, 4) is 5.75 Å².